The number of anilines is 6. The zero-order chi connectivity index (χ0) is 59.7. The molecule has 0 spiro atoms. The Morgan fingerprint density at radius 2 is 0.685 bits per heavy atom. The lowest BCUT2D eigenvalue weighted by atomic mass is 9.29. The van der Waals surface area contributed by atoms with E-state index in [1.807, 2.05) is 0 Å². The average molecular weight is 1140 g/mol. The lowest BCUT2D eigenvalue weighted by Gasteiger charge is -2.43. The highest BCUT2D eigenvalue weighted by molar-refractivity contribution is 7.04. The van der Waals surface area contributed by atoms with Gasteiger partial charge < -0.3 is 23.5 Å². The molecule has 5 nitrogen and oxygen atoms in total. The van der Waals surface area contributed by atoms with Crippen LogP contribution in [-0.2, 0) is 10.8 Å². The molecule has 12 aromatic carbocycles. The summed E-state index contributed by atoms with van der Waals surface area (Å²) < 4.78 is 8.31. The van der Waals surface area contributed by atoms with Crippen molar-refractivity contribution in [1.82, 2.24) is 13.7 Å². The first-order valence-corrected chi connectivity index (χ1v) is 31.7. The smallest absolute Gasteiger partial charge is 0.252 e. The Balaban J connectivity index is 1.09. The number of nitrogens with zero attached hydrogens (tertiary/aromatic N) is 5. The molecule has 3 aromatic heterocycles. The van der Waals surface area contributed by atoms with Gasteiger partial charge in [0.25, 0.3) is 13.4 Å². The molecule has 0 atom stereocenters. The quantitative estimate of drug-likeness (QED) is 0.148. The average Bonchev–Trinajstić information content (AvgIpc) is 1.58. The molecule has 19 rings (SSSR count). The van der Waals surface area contributed by atoms with Crippen LogP contribution in [0, 0.1) is 13.8 Å². The van der Waals surface area contributed by atoms with Crippen molar-refractivity contribution in [3.05, 3.63) is 259 Å². The third-order valence-corrected chi connectivity index (χ3v) is 20.4. The Kier molecular flexibility index (Phi) is 10.1. The van der Waals surface area contributed by atoms with Crippen molar-refractivity contribution in [1.29, 1.82) is 0 Å². The molecule has 4 aliphatic heterocycles. The topological polar surface area (TPSA) is 21.3 Å². The highest BCUT2D eigenvalue weighted by Gasteiger charge is 2.51. The van der Waals surface area contributed by atoms with Crippen LogP contribution in [0.5, 0.6) is 0 Å². The van der Waals surface area contributed by atoms with Crippen LogP contribution < -0.4 is 42.6 Å². The Bertz CT molecular complexity index is 5510. The Labute approximate surface area is 519 Å². The second kappa shape index (κ2) is 17.7. The maximum atomic E-state index is 2.81. The van der Waals surface area contributed by atoms with Gasteiger partial charge in [-0.05, 0) is 183 Å². The highest BCUT2D eigenvalue weighted by atomic mass is 15.2. The van der Waals surface area contributed by atoms with Crippen molar-refractivity contribution < 1.29 is 0 Å². The molecule has 0 amide bonds. The number of fused-ring (bicyclic) bond motifs is 13. The lowest BCUT2D eigenvalue weighted by Crippen LogP contribution is -2.67. The maximum Gasteiger partial charge on any atom is 0.252 e. The zero-order valence-electron chi connectivity index (χ0n) is 51.4. The summed E-state index contributed by atoms with van der Waals surface area (Å²) in [6.07, 6.45) is 0. The summed E-state index contributed by atoms with van der Waals surface area (Å²) in [5.74, 6) is 0. The Morgan fingerprint density at radius 1 is 0.303 bits per heavy atom. The minimum atomic E-state index is -0.168. The molecule has 15 aromatic rings. The number of hydrogen-bond donors (Lipinski definition) is 0. The molecule has 0 unspecified atom stereocenters. The number of benzene rings is 12. The van der Waals surface area contributed by atoms with E-state index in [9.17, 15) is 0 Å². The van der Waals surface area contributed by atoms with Crippen molar-refractivity contribution in [2.45, 2.75) is 66.2 Å². The van der Waals surface area contributed by atoms with E-state index in [2.05, 4.69) is 315 Å². The highest BCUT2D eigenvalue weighted by Crippen LogP contribution is 2.51. The standard InChI is InChI=1S/C82H63B2N5/c1-48-34-36-69-59(38-48)61-39-49(2)40-65-74(61)87(69)78-71(50-24-14-9-15-25-50)79-73-80-72(78)83(65)67-46-57(85(53-26-16-10-17-27-53)54-28-18-11-19-29-54)44-63-64-45-58(86(55-30-20-12-21-31-55)56-32-22-13-23-33-56)47-68(77(64)89(80)76(63)67)84(73)66-43-52(82(6,7)8)42-62-60-41-51(81(3,4)5)35-37-70(60)88(79)75(62)66/h9-47H,1-8H3. The summed E-state index contributed by atoms with van der Waals surface area (Å²) >= 11 is 0. The molecule has 89 heavy (non-hydrogen) atoms. The number of aromatic nitrogens is 3. The molecule has 0 radical (unpaired) electrons. The van der Waals surface area contributed by atoms with E-state index in [-0.39, 0.29) is 24.3 Å². The van der Waals surface area contributed by atoms with Gasteiger partial charge in [0.2, 0.25) is 0 Å². The molecular weight excluding hydrogens is 1080 g/mol. The monoisotopic (exact) mass is 1140 g/mol. The van der Waals surface area contributed by atoms with Gasteiger partial charge in [-0.2, -0.15) is 0 Å². The van der Waals surface area contributed by atoms with Gasteiger partial charge >= 0.3 is 0 Å². The normalized spacial score (nSPS) is 13.3. The van der Waals surface area contributed by atoms with Gasteiger partial charge in [0.1, 0.15) is 0 Å². The van der Waals surface area contributed by atoms with Gasteiger partial charge in [0.15, 0.2) is 0 Å². The molecule has 7 heterocycles. The zero-order valence-corrected chi connectivity index (χ0v) is 51.4. The third-order valence-electron chi connectivity index (χ3n) is 20.4. The van der Waals surface area contributed by atoms with Gasteiger partial charge in [-0.15, -0.1) is 0 Å². The van der Waals surface area contributed by atoms with Crippen LogP contribution in [0.2, 0.25) is 0 Å². The summed E-state index contributed by atoms with van der Waals surface area (Å²) in [5.41, 5.74) is 33.8. The molecule has 7 heteroatoms. The summed E-state index contributed by atoms with van der Waals surface area (Å²) in [6.45, 7) is 18.5. The molecule has 0 saturated heterocycles. The van der Waals surface area contributed by atoms with E-state index >= 15 is 0 Å². The molecular formula is C82H63B2N5. The summed E-state index contributed by atoms with van der Waals surface area (Å²) in [6, 6.07) is 90.8. The van der Waals surface area contributed by atoms with Crippen LogP contribution in [0.3, 0.4) is 0 Å². The molecule has 0 aliphatic carbocycles. The minimum absolute atomic E-state index is 0.0637. The first-order chi connectivity index (χ1) is 43.3. The van der Waals surface area contributed by atoms with Gasteiger partial charge in [0, 0.05) is 99.8 Å². The van der Waals surface area contributed by atoms with Crippen molar-refractivity contribution in [2.24, 2.45) is 0 Å². The van der Waals surface area contributed by atoms with Crippen LogP contribution in [0.15, 0.2) is 237 Å². The van der Waals surface area contributed by atoms with Crippen LogP contribution >= 0.6 is 0 Å². The largest absolute Gasteiger partial charge is 0.311 e. The molecule has 4 aliphatic rings. The van der Waals surface area contributed by atoms with E-state index in [0.29, 0.717) is 0 Å². The van der Waals surface area contributed by atoms with E-state index in [4.69, 9.17) is 0 Å². The Morgan fingerprint density at radius 3 is 1.17 bits per heavy atom. The van der Waals surface area contributed by atoms with Gasteiger partial charge in [-0.3, -0.25) is 0 Å². The van der Waals surface area contributed by atoms with Crippen LogP contribution in [0.25, 0.3) is 93.6 Å². The second-order valence-corrected chi connectivity index (χ2v) is 27.8. The summed E-state index contributed by atoms with van der Waals surface area (Å²) in [7, 11) is 0. The van der Waals surface area contributed by atoms with Crippen molar-refractivity contribution >= 4 is 146 Å². The van der Waals surface area contributed by atoms with E-state index in [1.54, 1.807) is 0 Å². The lowest BCUT2D eigenvalue weighted by molar-refractivity contribution is 0.590. The number of rotatable bonds is 7. The predicted molar refractivity (Wildman–Crippen MR) is 380 cm³/mol. The second-order valence-electron chi connectivity index (χ2n) is 27.8. The van der Waals surface area contributed by atoms with Crippen molar-refractivity contribution in [2.75, 3.05) is 9.80 Å². The number of hydrogen-bond acceptors (Lipinski definition) is 2. The van der Waals surface area contributed by atoms with E-state index in [1.165, 1.54) is 149 Å². The third kappa shape index (κ3) is 6.83. The van der Waals surface area contributed by atoms with E-state index in [0.717, 1.165) is 34.1 Å². The van der Waals surface area contributed by atoms with Gasteiger partial charge in [-0.25, -0.2) is 0 Å². The molecule has 0 N–H and O–H groups in total. The Hall–Kier alpha value is -10.2. The minimum Gasteiger partial charge on any atom is -0.311 e. The SMILES string of the molecule is Cc1ccc2c(c1)c1cc(C)cc3c1n2-c1c2c4c5c(c1-c1ccccc1)-n1c6ccc(C(C)(C)C)cc6c6cc(C(C)(C)C)cc(c61)B5c1cc(N(c5ccccc5)c5ccccc5)cc5c6cc(N(c7ccccc7)c7ccccc7)cc(c6n-4c15)B23. The first-order valence-electron chi connectivity index (χ1n) is 31.7. The number of para-hydroxylation sites is 4. The number of aryl methyl sites for hydroxylation is 2. The molecule has 0 bridgehead atoms. The van der Waals surface area contributed by atoms with Crippen LogP contribution in [-0.4, -0.2) is 27.1 Å². The van der Waals surface area contributed by atoms with Gasteiger partial charge in [0.05, 0.1) is 22.4 Å². The summed E-state index contributed by atoms with van der Waals surface area (Å²) in [5, 5.41) is 7.72. The fourth-order valence-corrected chi connectivity index (χ4v) is 16.7. The van der Waals surface area contributed by atoms with Crippen molar-refractivity contribution in [3.63, 3.8) is 0 Å². The summed E-state index contributed by atoms with van der Waals surface area (Å²) in [4.78, 5) is 4.99. The van der Waals surface area contributed by atoms with Crippen LogP contribution in [0.4, 0.5) is 34.1 Å². The molecule has 422 valence electrons. The van der Waals surface area contributed by atoms with Gasteiger partial charge in [-0.1, -0.05) is 180 Å². The van der Waals surface area contributed by atoms with Crippen molar-refractivity contribution in [3.8, 4) is 28.2 Å². The first kappa shape index (κ1) is 50.9. The maximum absolute atomic E-state index is 2.81. The van der Waals surface area contributed by atoms with E-state index < -0.39 is 0 Å². The molecule has 0 fully saturated rings. The predicted octanol–water partition coefficient (Wildman–Crippen LogP) is 17.1. The fourth-order valence-electron chi connectivity index (χ4n) is 16.7. The fraction of sp³-hybridized carbons (Fsp3) is 0.122. The molecule has 0 saturated carbocycles. The van der Waals surface area contributed by atoms with Crippen LogP contribution in [0.1, 0.15) is 63.8 Å².